The van der Waals surface area contributed by atoms with E-state index in [2.05, 4.69) is 39.5 Å². The highest BCUT2D eigenvalue weighted by Gasteiger charge is 2.73. The highest BCUT2D eigenvalue weighted by atomic mass is 16.3. The average molecular weight is 427 g/mol. The van der Waals surface area contributed by atoms with Crippen LogP contribution < -0.4 is 0 Å². The van der Waals surface area contributed by atoms with Crippen LogP contribution in [0.2, 0.25) is 0 Å². The Morgan fingerprint density at radius 1 is 1.26 bits per heavy atom. The number of hydrogen-bond acceptors (Lipinski definition) is 2. The van der Waals surface area contributed by atoms with E-state index in [9.17, 15) is 10.2 Å². The van der Waals surface area contributed by atoms with Gasteiger partial charge >= 0.3 is 0 Å². The van der Waals surface area contributed by atoms with Gasteiger partial charge in [-0.3, -0.25) is 0 Å². The largest absolute Gasteiger partial charge is 0.393 e. The second-order valence-electron chi connectivity index (χ2n) is 12.6. The smallest absolute Gasteiger partial charge is 0.0591 e. The molecule has 0 saturated heterocycles. The molecule has 31 heavy (non-hydrogen) atoms. The van der Waals surface area contributed by atoms with Crippen molar-refractivity contribution in [2.75, 3.05) is 0 Å². The predicted molar refractivity (Wildman–Crippen MR) is 130 cm³/mol. The van der Waals surface area contributed by atoms with Gasteiger partial charge in [-0.25, -0.2) is 0 Å². The van der Waals surface area contributed by atoms with Crippen molar-refractivity contribution < 1.29 is 10.2 Å². The van der Waals surface area contributed by atoms with Crippen LogP contribution in [0.3, 0.4) is 0 Å². The second-order valence-corrected chi connectivity index (χ2v) is 12.6. The van der Waals surface area contributed by atoms with Crippen LogP contribution in [0.5, 0.6) is 0 Å². The fraction of sp³-hybridized carbons (Fsp3) is 0.793. The molecule has 2 N–H and O–H groups in total. The first-order valence-corrected chi connectivity index (χ1v) is 13.0. The van der Waals surface area contributed by atoms with Crippen LogP contribution in [0, 0.1) is 34.5 Å². The number of allylic oxidation sites excluding steroid dienone is 4. The first-order chi connectivity index (χ1) is 14.5. The van der Waals surface area contributed by atoms with Crippen molar-refractivity contribution in [1.82, 2.24) is 0 Å². The van der Waals surface area contributed by atoms with Crippen LogP contribution in [-0.2, 0) is 0 Å². The van der Waals surface area contributed by atoms with Gasteiger partial charge in [-0.2, -0.15) is 0 Å². The molecule has 0 bridgehead atoms. The summed E-state index contributed by atoms with van der Waals surface area (Å²) in [7, 11) is 0. The van der Waals surface area contributed by atoms with Crippen LogP contribution in [0.25, 0.3) is 0 Å². The van der Waals surface area contributed by atoms with Crippen molar-refractivity contribution in [3.05, 3.63) is 35.5 Å². The Hall–Kier alpha value is -0.860. The first kappa shape index (κ1) is 23.3. The molecule has 0 aromatic carbocycles. The first-order valence-electron chi connectivity index (χ1n) is 13.0. The van der Waals surface area contributed by atoms with Crippen molar-refractivity contribution in [1.29, 1.82) is 0 Å². The third-order valence-electron chi connectivity index (χ3n) is 9.91. The molecular formula is C29H46O2. The fourth-order valence-electron chi connectivity index (χ4n) is 8.11. The molecule has 174 valence electrons. The van der Waals surface area contributed by atoms with Gasteiger partial charge in [-0.15, -0.1) is 0 Å². The van der Waals surface area contributed by atoms with Gasteiger partial charge in [0, 0.05) is 5.41 Å². The van der Waals surface area contributed by atoms with Gasteiger partial charge in [0.2, 0.25) is 0 Å². The van der Waals surface area contributed by atoms with Crippen molar-refractivity contribution in [2.45, 2.75) is 111 Å². The zero-order valence-electron chi connectivity index (χ0n) is 20.7. The Bertz CT molecular complexity index is 768. The van der Waals surface area contributed by atoms with Crippen molar-refractivity contribution in [3.63, 3.8) is 0 Å². The summed E-state index contributed by atoms with van der Waals surface area (Å²) in [6.45, 7) is 15.5. The van der Waals surface area contributed by atoms with E-state index in [0.717, 1.165) is 43.4 Å². The summed E-state index contributed by atoms with van der Waals surface area (Å²) in [6, 6.07) is 0. The molecule has 1 spiro atoms. The van der Waals surface area contributed by atoms with Crippen LogP contribution in [0.1, 0.15) is 98.8 Å². The normalized spacial score (nSPS) is 43.8. The summed E-state index contributed by atoms with van der Waals surface area (Å²) in [5.41, 5.74) is 4.54. The Kier molecular flexibility index (Phi) is 6.14. The van der Waals surface area contributed by atoms with E-state index in [1.54, 1.807) is 5.57 Å². The SMILES string of the molecule is C=C1/C(=C\C=C2/CCC[C@]3(C)[C@@H](C(C)CCCC(C)(C)O)CC4CC243)CC(O)C[C@@H]1C. The maximum Gasteiger partial charge on any atom is 0.0591 e. The molecular weight excluding hydrogens is 380 g/mol. The van der Waals surface area contributed by atoms with Gasteiger partial charge < -0.3 is 10.2 Å². The van der Waals surface area contributed by atoms with Gasteiger partial charge in [0.05, 0.1) is 11.7 Å². The van der Waals surface area contributed by atoms with E-state index < -0.39 is 5.60 Å². The van der Waals surface area contributed by atoms with Crippen molar-refractivity contribution >= 4 is 0 Å². The topological polar surface area (TPSA) is 40.5 Å². The van der Waals surface area contributed by atoms with Crippen LogP contribution >= 0.6 is 0 Å². The predicted octanol–water partition coefficient (Wildman–Crippen LogP) is 6.98. The van der Waals surface area contributed by atoms with Gasteiger partial charge in [-0.05, 0) is 105 Å². The molecule has 0 aromatic heterocycles. The number of hydrogen-bond donors (Lipinski definition) is 2. The van der Waals surface area contributed by atoms with Crippen LogP contribution in [0.4, 0.5) is 0 Å². The van der Waals surface area contributed by atoms with Gasteiger partial charge in [0.15, 0.2) is 0 Å². The molecule has 4 saturated carbocycles. The molecule has 0 aliphatic heterocycles. The molecule has 0 aromatic rings. The van der Waals surface area contributed by atoms with Crippen LogP contribution in [-0.4, -0.2) is 21.9 Å². The number of aliphatic hydroxyl groups is 2. The molecule has 0 heterocycles. The quantitative estimate of drug-likeness (QED) is 0.481. The molecule has 4 unspecified atom stereocenters. The minimum atomic E-state index is -0.537. The molecule has 4 aliphatic rings. The van der Waals surface area contributed by atoms with E-state index in [1.807, 2.05) is 13.8 Å². The number of aliphatic hydroxyl groups excluding tert-OH is 1. The highest BCUT2D eigenvalue weighted by molar-refractivity contribution is 5.42. The molecule has 0 radical (unpaired) electrons. The molecule has 2 heteroatoms. The van der Waals surface area contributed by atoms with E-state index >= 15 is 0 Å². The maximum atomic E-state index is 10.3. The van der Waals surface area contributed by atoms with E-state index in [1.165, 1.54) is 49.7 Å². The molecule has 4 fully saturated rings. The summed E-state index contributed by atoms with van der Waals surface area (Å²) < 4.78 is 0. The van der Waals surface area contributed by atoms with E-state index in [4.69, 9.17) is 0 Å². The molecule has 0 amide bonds. The zero-order chi connectivity index (χ0) is 22.6. The standard InChI is InChI=1S/C29H46O2/c1-19(9-7-13-27(4,5)31)26-17-24-18-29(24)23(10-8-14-28(26,29)6)12-11-22-16-25(30)15-20(2)21(22)3/h11-12,19-20,24-26,30-31H,3,7-10,13-18H2,1-2,4-6H3/b22-11-,23-12+/t19?,20-,24?,25?,26+,28+,29?/m0/s1. The Morgan fingerprint density at radius 2 is 2.00 bits per heavy atom. The molecule has 7 atom stereocenters. The summed E-state index contributed by atoms with van der Waals surface area (Å²) in [6.07, 6.45) is 16.2. The molecule has 2 nitrogen and oxygen atoms in total. The van der Waals surface area contributed by atoms with Crippen molar-refractivity contribution in [3.8, 4) is 0 Å². The number of rotatable bonds is 6. The van der Waals surface area contributed by atoms with Gasteiger partial charge in [-0.1, -0.05) is 57.9 Å². The Labute approximate surface area is 190 Å². The fourth-order valence-corrected chi connectivity index (χ4v) is 8.11. The lowest BCUT2D eigenvalue weighted by molar-refractivity contribution is 0.0467. The van der Waals surface area contributed by atoms with Crippen molar-refractivity contribution in [2.24, 2.45) is 34.5 Å². The third kappa shape index (κ3) is 4.12. The van der Waals surface area contributed by atoms with Gasteiger partial charge in [0.25, 0.3) is 0 Å². The van der Waals surface area contributed by atoms with Crippen LogP contribution in [0.15, 0.2) is 35.5 Å². The van der Waals surface area contributed by atoms with E-state index in [-0.39, 0.29) is 6.10 Å². The minimum absolute atomic E-state index is 0.214. The lowest BCUT2D eigenvalue weighted by Crippen LogP contribution is -2.40. The minimum Gasteiger partial charge on any atom is -0.393 e. The lowest BCUT2D eigenvalue weighted by atomic mass is 9.57. The molecule has 4 aliphatic carbocycles. The summed E-state index contributed by atoms with van der Waals surface area (Å²) in [5, 5.41) is 20.4. The summed E-state index contributed by atoms with van der Waals surface area (Å²) in [5.74, 6) is 2.82. The van der Waals surface area contributed by atoms with Gasteiger partial charge in [0.1, 0.15) is 0 Å². The Balaban J connectivity index is 1.51. The lowest BCUT2D eigenvalue weighted by Gasteiger charge is -2.48. The summed E-state index contributed by atoms with van der Waals surface area (Å²) >= 11 is 0. The monoisotopic (exact) mass is 426 g/mol. The second kappa shape index (κ2) is 8.17. The highest BCUT2D eigenvalue weighted by Crippen LogP contribution is 2.81. The van der Waals surface area contributed by atoms with E-state index in [0.29, 0.717) is 16.7 Å². The maximum absolute atomic E-state index is 10.3. The zero-order valence-corrected chi connectivity index (χ0v) is 20.7. The third-order valence-corrected chi connectivity index (χ3v) is 9.91. The summed E-state index contributed by atoms with van der Waals surface area (Å²) in [4.78, 5) is 0. The molecule has 4 rings (SSSR count). The average Bonchev–Trinajstić information content (AvgIpc) is 3.32. The Morgan fingerprint density at radius 3 is 2.71 bits per heavy atom.